The van der Waals surface area contributed by atoms with Gasteiger partial charge in [0, 0.05) is 0 Å². The molecular formula is C28H17ClN6O2Se2. The Morgan fingerprint density at radius 2 is 1.38 bits per heavy atom. The minimum absolute atomic E-state index is 0.0153. The van der Waals surface area contributed by atoms with E-state index in [1.54, 1.807) is 9.76 Å². The normalized spacial score (nSPS) is 11.4. The molecule has 8 nitrogen and oxygen atoms in total. The Morgan fingerprint density at radius 3 is 2.13 bits per heavy atom. The summed E-state index contributed by atoms with van der Waals surface area (Å²) in [5, 5.41) is 18.4. The molecule has 0 aliphatic carbocycles. The van der Waals surface area contributed by atoms with Gasteiger partial charge in [0.15, 0.2) is 0 Å². The summed E-state index contributed by atoms with van der Waals surface area (Å²) in [4.78, 5) is 24.9. The maximum atomic E-state index is 12.5. The molecular weight excluding hydrogens is 646 g/mol. The number of nitrogens with zero attached hydrogens (tertiary/aromatic N) is 4. The molecule has 0 aliphatic rings. The van der Waals surface area contributed by atoms with Gasteiger partial charge in [-0.25, -0.2) is 0 Å². The molecule has 190 valence electrons. The molecule has 0 unspecified atom stereocenters. The van der Waals surface area contributed by atoms with Crippen LogP contribution in [0.15, 0.2) is 101 Å². The maximum absolute atomic E-state index is 12.5. The van der Waals surface area contributed by atoms with Gasteiger partial charge in [0.2, 0.25) is 0 Å². The van der Waals surface area contributed by atoms with Gasteiger partial charge in [0.25, 0.3) is 0 Å². The molecule has 4 heterocycles. The Hall–Kier alpha value is -3.91. The number of halogens is 1. The van der Waals surface area contributed by atoms with Crippen molar-refractivity contribution in [2.24, 2.45) is 0 Å². The van der Waals surface area contributed by atoms with Crippen molar-refractivity contribution >= 4 is 82.2 Å². The SMILES string of the molecule is O=c1c2ccccc2[se]n1-c1ccc2cn[nH]c2c1.O=c1c2ccccc2[se]n1-c1n[nH]c2cc(Cl)ccc12. The van der Waals surface area contributed by atoms with Crippen LogP contribution >= 0.6 is 11.6 Å². The molecule has 0 atom stereocenters. The van der Waals surface area contributed by atoms with Crippen molar-refractivity contribution in [3.8, 4) is 11.5 Å². The quantitative estimate of drug-likeness (QED) is 0.266. The zero-order valence-corrected chi connectivity index (χ0v) is 24.1. The van der Waals surface area contributed by atoms with Crippen molar-refractivity contribution < 1.29 is 0 Å². The van der Waals surface area contributed by atoms with Gasteiger partial charge in [-0.2, -0.15) is 0 Å². The molecule has 0 saturated heterocycles. The monoisotopic (exact) mass is 664 g/mol. The number of nitrogens with one attached hydrogen (secondary N) is 2. The fraction of sp³-hybridized carbons (Fsp3) is 0. The molecule has 8 rings (SSSR count). The second-order valence-electron chi connectivity index (χ2n) is 8.75. The number of fused-ring (bicyclic) bond motifs is 4. The molecule has 2 N–H and O–H groups in total. The Labute approximate surface area is 237 Å². The molecule has 0 fully saturated rings. The van der Waals surface area contributed by atoms with Crippen LogP contribution in [0.5, 0.6) is 0 Å². The summed E-state index contributed by atoms with van der Waals surface area (Å²) >= 11 is 5.91. The van der Waals surface area contributed by atoms with E-state index in [9.17, 15) is 9.59 Å². The van der Waals surface area contributed by atoms with E-state index in [-0.39, 0.29) is 40.6 Å². The van der Waals surface area contributed by atoms with Crippen molar-refractivity contribution in [3.05, 3.63) is 117 Å². The summed E-state index contributed by atoms with van der Waals surface area (Å²) in [7, 11) is 0. The van der Waals surface area contributed by atoms with Crippen LogP contribution < -0.4 is 11.1 Å². The van der Waals surface area contributed by atoms with E-state index < -0.39 is 0 Å². The Balaban J connectivity index is 0.000000130. The molecule has 4 aromatic carbocycles. The Bertz CT molecular complexity index is 2270. The molecule has 8 aromatic rings. The van der Waals surface area contributed by atoms with E-state index >= 15 is 0 Å². The van der Waals surface area contributed by atoms with Crippen molar-refractivity contribution in [2.45, 2.75) is 0 Å². The first-order chi connectivity index (χ1) is 19.1. The number of aromatic nitrogens is 6. The van der Waals surface area contributed by atoms with Gasteiger partial charge in [-0.1, -0.05) is 0 Å². The first-order valence-corrected chi connectivity index (χ1v) is 15.5. The predicted molar refractivity (Wildman–Crippen MR) is 157 cm³/mol. The van der Waals surface area contributed by atoms with Gasteiger partial charge >= 0.3 is 238 Å². The van der Waals surface area contributed by atoms with Gasteiger partial charge < -0.3 is 0 Å². The summed E-state index contributed by atoms with van der Waals surface area (Å²) in [6.45, 7) is 0. The van der Waals surface area contributed by atoms with Crippen molar-refractivity contribution in [1.82, 2.24) is 27.5 Å². The summed E-state index contributed by atoms with van der Waals surface area (Å²) in [6.07, 6.45) is 1.78. The molecule has 0 saturated carbocycles. The van der Waals surface area contributed by atoms with Gasteiger partial charge in [-0.15, -0.1) is 0 Å². The third-order valence-corrected chi connectivity index (χ3v) is 11.2. The molecule has 0 radical (unpaired) electrons. The van der Waals surface area contributed by atoms with E-state index in [0.717, 1.165) is 46.8 Å². The van der Waals surface area contributed by atoms with Gasteiger partial charge in [0.05, 0.1) is 0 Å². The third-order valence-electron chi connectivity index (χ3n) is 6.34. The number of aromatic amines is 2. The first-order valence-electron chi connectivity index (χ1n) is 11.9. The summed E-state index contributed by atoms with van der Waals surface area (Å²) in [5.74, 6) is 0.679. The summed E-state index contributed by atoms with van der Waals surface area (Å²) < 4.78 is 5.85. The van der Waals surface area contributed by atoms with Crippen LogP contribution in [0.2, 0.25) is 5.02 Å². The second-order valence-corrected chi connectivity index (χ2v) is 13.3. The zero-order chi connectivity index (χ0) is 26.5. The van der Waals surface area contributed by atoms with Crippen LogP contribution in [0.4, 0.5) is 0 Å². The van der Waals surface area contributed by atoms with E-state index in [1.807, 2.05) is 88.5 Å². The average Bonchev–Trinajstić information content (AvgIpc) is 3.74. The van der Waals surface area contributed by atoms with Crippen LogP contribution in [-0.4, -0.2) is 57.0 Å². The van der Waals surface area contributed by atoms with Crippen LogP contribution in [0.3, 0.4) is 0 Å². The van der Waals surface area contributed by atoms with E-state index in [4.69, 9.17) is 11.6 Å². The molecule has 0 spiro atoms. The predicted octanol–water partition coefficient (Wildman–Crippen LogP) is 4.50. The van der Waals surface area contributed by atoms with E-state index in [0.29, 0.717) is 10.8 Å². The van der Waals surface area contributed by atoms with Crippen molar-refractivity contribution in [2.75, 3.05) is 0 Å². The van der Waals surface area contributed by atoms with E-state index in [2.05, 4.69) is 20.4 Å². The minimum atomic E-state index is -0.0740. The van der Waals surface area contributed by atoms with Gasteiger partial charge in [-0.3, -0.25) is 0 Å². The number of rotatable bonds is 2. The summed E-state index contributed by atoms with van der Waals surface area (Å²) in [5.41, 5.74) is 2.83. The Morgan fingerprint density at radius 1 is 0.692 bits per heavy atom. The van der Waals surface area contributed by atoms with Crippen LogP contribution in [0.1, 0.15) is 0 Å². The number of H-pyrrole nitrogens is 2. The number of benzene rings is 4. The standard InChI is InChI=1S/C14H8ClN3OSe.C14H9N3OSe/c15-8-5-6-9-11(7-8)16-17-13(9)18-14(19)10-3-1-2-4-12(10)20-18;18-14-11-3-1-2-4-13(11)19-17(14)10-6-5-9-8-15-16-12(9)7-10/h1-7H,(H,16,17);1-8H,(H,15,16). The topological polar surface area (TPSA) is 101 Å². The van der Waals surface area contributed by atoms with Gasteiger partial charge in [0.1, 0.15) is 0 Å². The van der Waals surface area contributed by atoms with Crippen molar-refractivity contribution in [3.63, 3.8) is 0 Å². The molecule has 0 aliphatic heterocycles. The fourth-order valence-electron chi connectivity index (χ4n) is 4.44. The van der Waals surface area contributed by atoms with Gasteiger partial charge in [-0.05, 0) is 0 Å². The van der Waals surface area contributed by atoms with Crippen LogP contribution in [0, 0.1) is 0 Å². The second kappa shape index (κ2) is 9.68. The summed E-state index contributed by atoms with van der Waals surface area (Å²) in [6, 6.07) is 27.0. The molecule has 39 heavy (non-hydrogen) atoms. The average molecular weight is 663 g/mol. The zero-order valence-electron chi connectivity index (χ0n) is 20.0. The number of hydrogen-bond donors (Lipinski definition) is 2. The van der Waals surface area contributed by atoms with E-state index in [1.165, 1.54) is 0 Å². The molecule has 0 bridgehead atoms. The van der Waals surface area contributed by atoms with Crippen LogP contribution in [0.25, 0.3) is 52.6 Å². The third kappa shape index (κ3) is 4.23. The fourth-order valence-corrected chi connectivity index (χ4v) is 8.78. The molecule has 4 aromatic heterocycles. The first kappa shape index (κ1) is 24.2. The molecule has 0 amide bonds. The number of hydrogen-bond acceptors (Lipinski definition) is 4. The van der Waals surface area contributed by atoms with Crippen molar-refractivity contribution in [1.29, 1.82) is 0 Å². The molecule has 11 heteroatoms. The Kier molecular flexibility index (Phi) is 6.00. The van der Waals surface area contributed by atoms with Crippen LogP contribution in [-0.2, 0) is 0 Å².